The fourth-order valence-corrected chi connectivity index (χ4v) is 4.76. The maximum Gasteiger partial charge on any atom is 0.223 e. The van der Waals surface area contributed by atoms with E-state index in [2.05, 4.69) is 10.4 Å². The van der Waals surface area contributed by atoms with Gasteiger partial charge in [-0.05, 0) is 30.4 Å². The predicted octanol–water partition coefficient (Wildman–Crippen LogP) is 1.32. The summed E-state index contributed by atoms with van der Waals surface area (Å²) in [6, 6.07) is 5.85. The zero-order valence-electron chi connectivity index (χ0n) is 14.0. The summed E-state index contributed by atoms with van der Waals surface area (Å²) < 4.78 is 26.4. The van der Waals surface area contributed by atoms with Crippen molar-refractivity contribution in [2.75, 3.05) is 25.9 Å². The molecule has 1 N–H and O–H groups in total. The predicted molar refractivity (Wildman–Crippen MR) is 96.8 cm³/mol. The Balaban J connectivity index is 1.58. The lowest BCUT2D eigenvalue weighted by molar-refractivity contribution is -0.126. The first-order valence-corrected chi connectivity index (χ1v) is 10.9. The molecule has 1 atom stereocenters. The number of amides is 1. The number of hydrogen-bond acceptors (Lipinski definition) is 5. The van der Waals surface area contributed by atoms with E-state index in [1.165, 1.54) is 10.6 Å². The van der Waals surface area contributed by atoms with E-state index >= 15 is 0 Å². The third-order valence-corrected chi connectivity index (χ3v) is 6.76. The number of carbonyl (C=O) groups excluding carboxylic acids is 1. The summed E-state index contributed by atoms with van der Waals surface area (Å²) in [5.41, 5.74) is 0. The highest BCUT2D eigenvalue weighted by atomic mass is 32.2. The summed E-state index contributed by atoms with van der Waals surface area (Å²) in [5, 5.41) is 9.33. The fourth-order valence-electron chi connectivity index (χ4n) is 3.06. The van der Waals surface area contributed by atoms with Crippen LogP contribution in [0.25, 0.3) is 0 Å². The van der Waals surface area contributed by atoms with E-state index in [0.717, 1.165) is 4.88 Å². The van der Waals surface area contributed by atoms with Crippen LogP contribution < -0.4 is 5.32 Å². The van der Waals surface area contributed by atoms with Crippen molar-refractivity contribution in [3.63, 3.8) is 0 Å². The molecule has 1 aliphatic heterocycles. The zero-order chi connectivity index (χ0) is 17.9. The lowest BCUT2D eigenvalue weighted by Gasteiger charge is -2.29. The summed E-state index contributed by atoms with van der Waals surface area (Å²) in [4.78, 5) is 13.6. The third kappa shape index (κ3) is 4.47. The van der Waals surface area contributed by atoms with Gasteiger partial charge in [0.05, 0.1) is 6.26 Å². The molecule has 25 heavy (non-hydrogen) atoms. The van der Waals surface area contributed by atoms with Crippen molar-refractivity contribution in [2.45, 2.75) is 18.9 Å². The molecule has 0 aliphatic carbocycles. The van der Waals surface area contributed by atoms with Crippen LogP contribution in [0, 0.1) is 5.92 Å². The average molecular weight is 383 g/mol. The Hall–Kier alpha value is -1.71. The van der Waals surface area contributed by atoms with Crippen LogP contribution in [0.1, 0.15) is 23.8 Å². The van der Waals surface area contributed by atoms with Crippen LogP contribution in [0.2, 0.25) is 0 Å². The minimum Gasteiger partial charge on any atom is -0.353 e. The standard InChI is InChI=1S/C16H22N4O3S2/c1-25(22,23)19-9-5-13(6-10-19)16(21)17-12-14(15-4-2-11-24-15)20-8-3-7-18-20/h2-4,7-8,11,13-14H,5-6,9-10,12H2,1H3,(H,17,21). The molecule has 136 valence electrons. The maximum absolute atomic E-state index is 12.5. The lowest BCUT2D eigenvalue weighted by atomic mass is 9.97. The first-order valence-electron chi connectivity index (χ1n) is 8.20. The molecule has 1 amide bonds. The molecule has 1 fully saturated rings. The average Bonchev–Trinajstić information content (AvgIpc) is 3.28. The Morgan fingerprint density at radius 3 is 2.72 bits per heavy atom. The SMILES string of the molecule is CS(=O)(=O)N1CCC(C(=O)NCC(c2cccs2)n2cccn2)CC1. The van der Waals surface area contributed by atoms with Crippen LogP contribution >= 0.6 is 11.3 Å². The summed E-state index contributed by atoms with van der Waals surface area (Å²) in [6.07, 6.45) is 5.95. The summed E-state index contributed by atoms with van der Waals surface area (Å²) >= 11 is 1.63. The van der Waals surface area contributed by atoms with Gasteiger partial charge in [-0.15, -0.1) is 11.3 Å². The van der Waals surface area contributed by atoms with Crippen molar-refractivity contribution >= 4 is 27.3 Å². The third-order valence-electron chi connectivity index (χ3n) is 4.48. The molecular formula is C16H22N4O3S2. The normalized spacial score (nSPS) is 18.1. The number of rotatable bonds is 6. The molecule has 0 radical (unpaired) electrons. The van der Waals surface area contributed by atoms with Gasteiger partial charge in [-0.2, -0.15) is 5.10 Å². The van der Waals surface area contributed by atoms with E-state index in [1.54, 1.807) is 17.5 Å². The Labute approximate surface area is 151 Å². The van der Waals surface area contributed by atoms with Gasteiger partial charge in [0, 0.05) is 42.8 Å². The molecule has 1 aliphatic rings. The number of carbonyl (C=O) groups is 1. The number of nitrogens with zero attached hydrogens (tertiary/aromatic N) is 3. The second-order valence-corrected chi connectivity index (χ2v) is 9.16. The largest absolute Gasteiger partial charge is 0.353 e. The van der Waals surface area contributed by atoms with Gasteiger partial charge in [-0.3, -0.25) is 9.48 Å². The number of sulfonamides is 1. The minimum absolute atomic E-state index is 0.0122. The van der Waals surface area contributed by atoms with E-state index in [1.807, 2.05) is 34.5 Å². The molecule has 0 spiro atoms. The second-order valence-electron chi connectivity index (χ2n) is 6.20. The number of nitrogens with one attached hydrogen (secondary N) is 1. The molecule has 3 heterocycles. The fraction of sp³-hybridized carbons (Fsp3) is 0.500. The van der Waals surface area contributed by atoms with Gasteiger partial charge in [0.1, 0.15) is 6.04 Å². The smallest absolute Gasteiger partial charge is 0.223 e. The molecule has 2 aromatic rings. The summed E-state index contributed by atoms with van der Waals surface area (Å²) in [5.74, 6) is -0.151. The number of thiophene rings is 1. The van der Waals surface area contributed by atoms with Crippen molar-refractivity contribution < 1.29 is 13.2 Å². The highest BCUT2D eigenvalue weighted by Gasteiger charge is 2.29. The molecule has 3 rings (SSSR count). The Morgan fingerprint density at radius 1 is 1.40 bits per heavy atom. The molecule has 7 nitrogen and oxygen atoms in total. The van der Waals surface area contributed by atoms with Crippen LogP contribution in [-0.2, 0) is 14.8 Å². The van der Waals surface area contributed by atoms with Gasteiger partial charge in [-0.25, -0.2) is 12.7 Å². The minimum atomic E-state index is -3.17. The topological polar surface area (TPSA) is 84.3 Å². The molecule has 0 bridgehead atoms. The molecule has 2 aromatic heterocycles. The zero-order valence-corrected chi connectivity index (χ0v) is 15.7. The monoisotopic (exact) mass is 382 g/mol. The lowest BCUT2D eigenvalue weighted by Crippen LogP contribution is -2.43. The van der Waals surface area contributed by atoms with Crippen molar-refractivity contribution in [2.24, 2.45) is 5.92 Å². The van der Waals surface area contributed by atoms with E-state index in [0.29, 0.717) is 32.5 Å². The van der Waals surface area contributed by atoms with Gasteiger partial charge >= 0.3 is 0 Å². The number of piperidine rings is 1. The molecule has 1 unspecified atom stereocenters. The molecule has 0 saturated carbocycles. The number of aromatic nitrogens is 2. The van der Waals surface area contributed by atoms with Crippen LogP contribution in [0.5, 0.6) is 0 Å². The van der Waals surface area contributed by atoms with Gasteiger partial charge in [0.25, 0.3) is 0 Å². The highest BCUT2D eigenvalue weighted by molar-refractivity contribution is 7.88. The first kappa shape index (κ1) is 18.1. The second kappa shape index (κ2) is 7.67. The maximum atomic E-state index is 12.5. The summed E-state index contributed by atoms with van der Waals surface area (Å²) in [6.45, 7) is 1.28. The summed E-state index contributed by atoms with van der Waals surface area (Å²) in [7, 11) is -3.17. The van der Waals surface area contributed by atoms with Crippen molar-refractivity contribution in [3.8, 4) is 0 Å². The van der Waals surface area contributed by atoms with Crippen molar-refractivity contribution in [1.82, 2.24) is 19.4 Å². The van der Waals surface area contributed by atoms with Crippen molar-refractivity contribution in [3.05, 3.63) is 40.8 Å². The van der Waals surface area contributed by atoms with Crippen LogP contribution in [0.4, 0.5) is 0 Å². The van der Waals surface area contributed by atoms with E-state index in [-0.39, 0.29) is 17.9 Å². The molecule has 9 heteroatoms. The molecule has 1 saturated heterocycles. The molecular weight excluding hydrogens is 360 g/mol. The highest BCUT2D eigenvalue weighted by Crippen LogP contribution is 2.23. The van der Waals surface area contributed by atoms with Crippen molar-refractivity contribution in [1.29, 1.82) is 0 Å². The van der Waals surface area contributed by atoms with Crippen LogP contribution in [0.15, 0.2) is 36.0 Å². The Kier molecular flexibility index (Phi) is 5.55. The van der Waals surface area contributed by atoms with Gasteiger partial charge < -0.3 is 5.32 Å². The van der Waals surface area contributed by atoms with Crippen LogP contribution in [0.3, 0.4) is 0 Å². The Bertz CT molecular complexity index is 745. The van der Waals surface area contributed by atoms with Gasteiger partial charge in [-0.1, -0.05) is 6.07 Å². The Morgan fingerprint density at radius 2 is 2.16 bits per heavy atom. The van der Waals surface area contributed by atoms with Gasteiger partial charge in [0.2, 0.25) is 15.9 Å². The van der Waals surface area contributed by atoms with Gasteiger partial charge in [0.15, 0.2) is 0 Å². The van der Waals surface area contributed by atoms with E-state index < -0.39 is 10.0 Å². The number of hydrogen-bond donors (Lipinski definition) is 1. The van der Waals surface area contributed by atoms with E-state index in [9.17, 15) is 13.2 Å². The molecule has 0 aromatic carbocycles. The first-order chi connectivity index (χ1) is 11.9. The van der Waals surface area contributed by atoms with E-state index in [4.69, 9.17) is 0 Å². The van der Waals surface area contributed by atoms with Crippen LogP contribution in [-0.4, -0.2) is 54.3 Å². The quantitative estimate of drug-likeness (QED) is 0.817.